The Morgan fingerprint density at radius 1 is 1.37 bits per heavy atom. The fraction of sp³-hybridized carbons (Fsp3) is 0.286. The van der Waals surface area contributed by atoms with Gasteiger partial charge in [0.25, 0.3) is 0 Å². The fourth-order valence-corrected chi connectivity index (χ4v) is 3.01. The van der Waals surface area contributed by atoms with Crippen LogP contribution in [-0.4, -0.2) is 21.3 Å². The second-order valence-corrected chi connectivity index (χ2v) is 5.72. The van der Waals surface area contributed by atoms with Gasteiger partial charge < -0.3 is 5.32 Å². The third kappa shape index (κ3) is 2.76. The average Bonchev–Trinajstić information content (AvgIpc) is 2.95. The number of hydrogen-bond acceptors (Lipinski definition) is 4. The summed E-state index contributed by atoms with van der Waals surface area (Å²) in [6.07, 6.45) is 4.91. The maximum absolute atomic E-state index is 4.58. The van der Waals surface area contributed by atoms with E-state index in [0.717, 1.165) is 23.6 Å². The fourth-order valence-electron chi connectivity index (χ4n) is 2.02. The molecule has 1 N–H and O–H groups in total. The summed E-state index contributed by atoms with van der Waals surface area (Å²) < 4.78 is 3.07. The molecule has 0 unspecified atom stereocenters. The monoisotopic (exact) mass is 272 g/mol. The Hall–Kier alpha value is -1.88. The SMILES string of the molecule is Cc1ccc2nc(NCCc3cnn(C)c3)sc2c1. The van der Waals surface area contributed by atoms with E-state index >= 15 is 0 Å². The summed E-state index contributed by atoms with van der Waals surface area (Å²) in [5.41, 5.74) is 3.59. The lowest BCUT2D eigenvalue weighted by atomic mass is 10.2. The van der Waals surface area contributed by atoms with E-state index in [1.165, 1.54) is 15.8 Å². The third-order valence-corrected chi connectivity index (χ3v) is 3.97. The van der Waals surface area contributed by atoms with Crippen LogP contribution in [0.1, 0.15) is 11.1 Å². The molecule has 0 bridgehead atoms. The topological polar surface area (TPSA) is 42.7 Å². The maximum Gasteiger partial charge on any atom is 0.183 e. The molecule has 0 radical (unpaired) electrons. The van der Waals surface area contributed by atoms with Gasteiger partial charge in [-0.3, -0.25) is 4.68 Å². The van der Waals surface area contributed by atoms with Crippen molar-refractivity contribution in [3.63, 3.8) is 0 Å². The first kappa shape index (κ1) is 12.2. The van der Waals surface area contributed by atoms with Gasteiger partial charge in [-0.15, -0.1) is 0 Å². The summed E-state index contributed by atoms with van der Waals surface area (Å²) in [6.45, 7) is 2.99. The molecule has 2 heterocycles. The molecule has 5 heteroatoms. The molecule has 3 aromatic rings. The summed E-state index contributed by atoms with van der Waals surface area (Å²) in [5.74, 6) is 0. The highest BCUT2D eigenvalue weighted by Crippen LogP contribution is 2.26. The largest absolute Gasteiger partial charge is 0.361 e. The number of thiazole rings is 1. The van der Waals surface area contributed by atoms with Crippen LogP contribution in [0.25, 0.3) is 10.2 Å². The summed E-state index contributed by atoms with van der Waals surface area (Å²) in [7, 11) is 1.94. The molecule has 1 aromatic carbocycles. The summed E-state index contributed by atoms with van der Waals surface area (Å²) in [4.78, 5) is 4.58. The van der Waals surface area contributed by atoms with Crippen LogP contribution in [0.15, 0.2) is 30.6 Å². The van der Waals surface area contributed by atoms with Crippen LogP contribution in [-0.2, 0) is 13.5 Å². The number of nitrogens with one attached hydrogen (secondary N) is 1. The van der Waals surface area contributed by atoms with E-state index < -0.39 is 0 Å². The molecule has 0 saturated heterocycles. The minimum absolute atomic E-state index is 0.879. The number of anilines is 1. The highest BCUT2D eigenvalue weighted by atomic mass is 32.1. The molecule has 0 aliphatic heterocycles. The van der Waals surface area contributed by atoms with Crippen LogP contribution in [0, 0.1) is 6.92 Å². The second kappa shape index (κ2) is 5.01. The molecule has 0 atom stereocenters. The molecule has 0 saturated carbocycles. The predicted octanol–water partition coefficient (Wildman–Crippen LogP) is 2.99. The quantitative estimate of drug-likeness (QED) is 0.794. The second-order valence-electron chi connectivity index (χ2n) is 4.69. The predicted molar refractivity (Wildman–Crippen MR) is 79.8 cm³/mol. The molecule has 0 fully saturated rings. The lowest BCUT2D eigenvalue weighted by molar-refractivity contribution is 0.767. The van der Waals surface area contributed by atoms with Gasteiger partial charge in [0.05, 0.1) is 16.4 Å². The van der Waals surface area contributed by atoms with Gasteiger partial charge >= 0.3 is 0 Å². The zero-order valence-electron chi connectivity index (χ0n) is 11.1. The number of aromatic nitrogens is 3. The Morgan fingerprint density at radius 3 is 3.05 bits per heavy atom. The Balaban J connectivity index is 1.65. The molecule has 0 amide bonds. The highest BCUT2D eigenvalue weighted by molar-refractivity contribution is 7.22. The van der Waals surface area contributed by atoms with Crippen LogP contribution >= 0.6 is 11.3 Å². The van der Waals surface area contributed by atoms with Crippen molar-refractivity contribution >= 4 is 26.7 Å². The van der Waals surface area contributed by atoms with Crippen LogP contribution in [0.2, 0.25) is 0 Å². The van der Waals surface area contributed by atoms with Gasteiger partial charge in [-0.2, -0.15) is 5.10 Å². The minimum atomic E-state index is 0.879. The van der Waals surface area contributed by atoms with E-state index in [9.17, 15) is 0 Å². The van der Waals surface area contributed by atoms with Gasteiger partial charge in [-0.1, -0.05) is 17.4 Å². The Morgan fingerprint density at radius 2 is 2.26 bits per heavy atom. The van der Waals surface area contributed by atoms with Crippen molar-refractivity contribution in [3.05, 3.63) is 41.7 Å². The smallest absolute Gasteiger partial charge is 0.183 e. The van der Waals surface area contributed by atoms with Crippen LogP contribution < -0.4 is 5.32 Å². The first-order chi connectivity index (χ1) is 9.20. The van der Waals surface area contributed by atoms with Crippen LogP contribution in [0.4, 0.5) is 5.13 Å². The van der Waals surface area contributed by atoms with E-state index in [1.807, 2.05) is 24.1 Å². The lowest BCUT2D eigenvalue weighted by Gasteiger charge is -1.99. The van der Waals surface area contributed by atoms with Crippen molar-refractivity contribution in [2.24, 2.45) is 7.05 Å². The number of aryl methyl sites for hydroxylation is 2. The first-order valence-corrected chi connectivity index (χ1v) is 7.11. The van der Waals surface area contributed by atoms with Crippen molar-refractivity contribution in [2.45, 2.75) is 13.3 Å². The van der Waals surface area contributed by atoms with Gasteiger partial charge in [-0.05, 0) is 36.6 Å². The van der Waals surface area contributed by atoms with Crippen molar-refractivity contribution in [1.82, 2.24) is 14.8 Å². The molecule has 98 valence electrons. The van der Waals surface area contributed by atoms with Gasteiger partial charge in [0.15, 0.2) is 5.13 Å². The van der Waals surface area contributed by atoms with Crippen molar-refractivity contribution in [2.75, 3.05) is 11.9 Å². The summed E-state index contributed by atoms with van der Waals surface area (Å²) >= 11 is 1.71. The van der Waals surface area contributed by atoms with Crippen molar-refractivity contribution < 1.29 is 0 Å². The molecule has 3 rings (SSSR count). The molecule has 0 aliphatic rings. The van der Waals surface area contributed by atoms with Gasteiger partial charge in [0.2, 0.25) is 0 Å². The Bertz CT molecular complexity index is 698. The van der Waals surface area contributed by atoms with E-state index in [-0.39, 0.29) is 0 Å². The van der Waals surface area contributed by atoms with Crippen molar-refractivity contribution in [3.8, 4) is 0 Å². The highest BCUT2D eigenvalue weighted by Gasteiger charge is 2.03. The van der Waals surface area contributed by atoms with Crippen LogP contribution in [0.3, 0.4) is 0 Å². The zero-order valence-corrected chi connectivity index (χ0v) is 11.9. The van der Waals surface area contributed by atoms with E-state index in [0.29, 0.717) is 0 Å². The molecular formula is C14H16N4S. The van der Waals surface area contributed by atoms with E-state index in [1.54, 1.807) is 11.3 Å². The van der Waals surface area contributed by atoms with Crippen molar-refractivity contribution in [1.29, 1.82) is 0 Å². The molecule has 0 spiro atoms. The number of hydrogen-bond donors (Lipinski definition) is 1. The molecule has 4 nitrogen and oxygen atoms in total. The van der Waals surface area contributed by atoms with Crippen LogP contribution in [0.5, 0.6) is 0 Å². The van der Waals surface area contributed by atoms with Gasteiger partial charge in [0, 0.05) is 19.8 Å². The van der Waals surface area contributed by atoms with E-state index in [4.69, 9.17) is 0 Å². The van der Waals surface area contributed by atoms with Gasteiger partial charge in [0.1, 0.15) is 0 Å². The molecule has 19 heavy (non-hydrogen) atoms. The van der Waals surface area contributed by atoms with Gasteiger partial charge in [-0.25, -0.2) is 4.98 Å². The first-order valence-electron chi connectivity index (χ1n) is 6.29. The standard InChI is InChI=1S/C14H16N4S/c1-10-3-4-12-13(7-10)19-14(17-12)15-6-5-11-8-16-18(2)9-11/h3-4,7-9H,5-6H2,1-2H3,(H,15,17). The zero-order chi connectivity index (χ0) is 13.2. The molecule has 0 aliphatic carbocycles. The normalized spacial score (nSPS) is 11.1. The number of nitrogens with zero attached hydrogens (tertiary/aromatic N) is 3. The Labute approximate surface area is 116 Å². The lowest BCUT2D eigenvalue weighted by Crippen LogP contribution is -2.03. The third-order valence-electron chi connectivity index (χ3n) is 2.99. The molecular weight excluding hydrogens is 256 g/mol. The number of fused-ring (bicyclic) bond motifs is 1. The summed E-state index contributed by atoms with van der Waals surface area (Å²) in [6, 6.07) is 6.36. The Kier molecular flexibility index (Phi) is 3.21. The minimum Gasteiger partial charge on any atom is -0.361 e. The average molecular weight is 272 g/mol. The van der Waals surface area contributed by atoms with E-state index in [2.05, 4.69) is 40.5 Å². The molecule has 2 aromatic heterocycles. The summed E-state index contributed by atoms with van der Waals surface area (Å²) in [5, 5.41) is 8.53. The maximum atomic E-state index is 4.58. The number of rotatable bonds is 4. The number of benzene rings is 1.